The molecule has 190 valence electrons. The number of allylic oxidation sites excluding steroid dienone is 1. The summed E-state index contributed by atoms with van der Waals surface area (Å²) in [5, 5.41) is 10.6. The van der Waals surface area contributed by atoms with Crippen LogP contribution < -0.4 is 17.1 Å². The predicted molar refractivity (Wildman–Crippen MR) is 135 cm³/mol. The van der Waals surface area contributed by atoms with Gasteiger partial charge in [-0.2, -0.15) is 0 Å². The Morgan fingerprint density at radius 3 is 2.71 bits per heavy atom. The van der Waals surface area contributed by atoms with Crippen molar-refractivity contribution in [1.82, 2.24) is 14.6 Å². The molecule has 3 rings (SSSR count). The van der Waals surface area contributed by atoms with Crippen LogP contribution in [-0.4, -0.2) is 45.4 Å². The molecule has 35 heavy (non-hydrogen) atoms. The van der Waals surface area contributed by atoms with Crippen LogP contribution in [0.1, 0.15) is 68.0 Å². The van der Waals surface area contributed by atoms with E-state index >= 15 is 0 Å². The molecule has 0 bridgehead atoms. The van der Waals surface area contributed by atoms with Crippen LogP contribution in [0.3, 0.4) is 0 Å². The van der Waals surface area contributed by atoms with Crippen LogP contribution in [0.5, 0.6) is 0 Å². The number of rotatable bonds is 10. The maximum absolute atomic E-state index is 12.5. The zero-order chi connectivity index (χ0) is 25.5. The molecule has 9 heteroatoms. The van der Waals surface area contributed by atoms with Crippen molar-refractivity contribution in [3.05, 3.63) is 69.0 Å². The highest BCUT2D eigenvalue weighted by Crippen LogP contribution is 2.33. The van der Waals surface area contributed by atoms with E-state index in [9.17, 15) is 9.59 Å². The Morgan fingerprint density at radius 2 is 2.06 bits per heavy atom. The number of aliphatic carboxylic acids is 1. The van der Waals surface area contributed by atoms with E-state index in [2.05, 4.69) is 6.92 Å². The number of hydrogen-bond acceptors (Lipinski definition) is 7. The monoisotopic (exact) mass is 483 g/mol. The van der Waals surface area contributed by atoms with Crippen LogP contribution in [-0.2, 0) is 28.9 Å². The van der Waals surface area contributed by atoms with E-state index in [0.717, 1.165) is 36.1 Å². The van der Waals surface area contributed by atoms with Crippen molar-refractivity contribution in [1.29, 1.82) is 0 Å². The fourth-order valence-corrected chi connectivity index (χ4v) is 4.65. The Morgan fingerprint density at radius 1 is 1.29 bits per heavy atom. The predicted octanol–water partition coefficient (Wildman–Crippen LogP) is 2.63. The van der Waals surface area contributed by atoms with Crippen molar-refractivity contribution >= 4 is 11.7 Å². The molecule has 0 radical (unpaired) electrons. The number of aromatic nitrogens is 2. The zero-order valence-corrected chi connectivity index (χ0v) is 20.9. The fraction of sp³-hybridized carbons (Fsp3) is 0.500. The fourth-order valence-electron chi connectivity index (χ4n) is 4.65. The van der Waals surface area contributed by atoms with Gasteiger partial charge in [0.1, 0.15) is 0 Å². The van der Waals surface area contributed by atoms with Crippen LogP contribution >= 0.6 is 0 Å². The van der Waals surface area contributed by atoms with E-state index < -0.39 is 5.97 Å². The third-order valence-corrected chi connectivity index (χ3v) is 6.47. The third-order valence-electron chi connectivity index (χ3n) is 6.47. The van der Waals surface area contributed by atoms with Crippen LogP contribution in [0.15, 0.2) is 41.0 Å². The first-order valence-electron chi connectivity index (χ1n) is 12.2. The minimum atomic E-state index is -0.851. The molecule has 9 nitrogen and oxygen atoms in total. The highest BCUT2D eigenvalue weighted by molar-refractivity contribution is 5.67. The van der Waals surface area contributed by atoms with Gasteiger partial charge in [-0.05, 0) is 48.8 Å². The van der Waals surface area contributed by atoms with Crippen LogP contribution in [0.4, 0.5) is 0 Å². The number of ether oxygens (including phenoxy) is 1. The van der Waals surface area contributed by atoms with E-state index in [0.29, 0.717) is 36.5 Å². The van der Waals surface area contributed by atoms with Gasteiger partial charge >= 0.3 is 5.97 Å². The smallest absolute Gasteiger partial charge is 0.305 e. The van der Waals surface area contributed by atoms with E-state index in [1.165, 1.54) is 5.01 Å². The zero-order valence-electron chi connectivity index (χ0n) is 20.9. The molecule has 0 saturated carbocycles. The summed E-state index contributed by atoms with van der Waals surface area (Å²) in [4.78, 5) is 28.5. The number of nitrogens with two attached hydrogens (primary N) is 2. The van der Waals surface area contributed by atoms with Gasteiger partial charge in [0.05, 0.1) is 36.2 Å². The average Bonchev–Trinajstić information content (AvgIpc) is 2.83. The Hall–Kier alpha value is -3.17. The summed E-state index contributed by atoms with van der Waals surface area (Å²) >= 11 is 0. The number of pyridine rings is 2. The Kier molecular flexibility index (Phi) is 9.06. The molecule has 2 unspecified atom stereocenters. The van der Waals surface area contributed by atoms with Gasteiger partial charge < -0.3 is 25.2 Å². The average molecular weight is 484 g/mol. The second kappa shape index (κ2) is 12.0. The number of hydrazine groups is 1. The molecular formula is C26H37N5O4. The molecule has 5 N–H and O–H groups in total. The van der Waals surface area contributed by atoms with Gasteiger partial charge in [0.2, 0.25) is 0 Å². The van der Waals surface area contributed by atoms with Crippen molar-refractivity contribution in [3.63, 3.8) is 0 Å². The second-order valence-electron chi connectivity index (χ2n) is 9.12. The van der Waals surface area contributed by atoms with Gasteiger partial charge in [-0.15, -0.1) is 0 Å². The van der Waals surface area contributed by atoms with Crippen LogP contribution in [0, 0.1) is 0 Å². The molecule has 0 spiro atoms. The summed E-state index contributed by atoms with van der Waals surface area (Å²) in [5.74, 6) is 5.47. The van der Waals surface area contributed by atoms with Crippen molar-refractivity contribution < 1.29 is 14.6 Å². The van der Waals surface area contributed by atoms with Gasteiger partial charge in [-0.3, -0.25) is 14.6 Å². The second-order valence-corrected chi connectivity index (χ2v) is 9.12. The molecule has 3 heterocycles. The summed E-state index contributed by atoms with van der Waals surface area (Å²) in [6.45, 7) is 4.90. The van der Waals surface area contributed by atoms with Crippen molar-refractivity contribution in [3.8, 4) is 0 Å². The Labute approximate surface area is 206 Å². The Balaban J connectivity index is 1.92. The summed E-state index contributed by atoms with van der Waals surface area (Å²) in [5.41, 5.74) is 11.2. The molecule has 2 aromatic rings. The number of carboxylic acid groups (broad SMARTS) is 1. The molecule has 2 atom stereocenters. The highest BCUT2D eigenvalue weighted by atomic mass is 16.5. The largest absolute Gasteiger partial charge is 0.481 e. The standard InChI is InChI=1S/C26H37N5O4/c1-4-6-17-7-10-24(32)31(15-17)16-23(30(3)28)26(27)22-9-8-20(21(5-2)29-22)18-11-12-35-19(13-18)14-25(33)34/h7-10,15,18-19H,4-6,11-14,16,27-28H2,1-3H3,(H,33,34)/b26-23-. The molecule has 0 amide bonds. The minimum Gasteiger partial charge on any atom is -0.481 e. The lowest BCUT2D eigenvalue weighted by Gasteiger charge is -2.30. The normalized spacial score (nSPS) is 18.7. The quantitative estimate of drug-likeness (QED) is 0.346. The highest BCUT2D eigenvalue weighted by Gasteiger charge is 2.27. The van der Waals surface area contributed by atoms with Crippen LogP contribution in [0.25, 0.3) is 5.70 Å². The maximum atomic E-state index is 12.5. The van der Waals surface area contributed by atoms with Gasteiger partial charge in [-0.1, -0.05) is 32.4 Å². The SMILES string of the molecule is CCCc1ccc(=O)n(C/C(=C(/N)c2ccc(C3CCOC(CC(=O)O)C3)c(CC)n2)N(C)N)c1. The first-order chi connectivity index (χ1) is 16.7. The lowest BCUT2D eigenvalue weighted by atomic mass is 9.86. The molecule has 2 aromatic heterocycles. The molecular weight excluding hydrogens is 446 g/mol. The lowest BCUT2D eigenvalue weighted by Crippen LogP contribution is -2.33. The van der Waals surface area contributed by atoms with Crippen LogP contribution in [0.2, 0.25) is 0 Å². The van der Waals surface area contributed by atoms with Gasteiger partial charge in [0.15, 0.2) is 0 Å². The first kappa shape index (κ1) is 26.4. The van der Waals surface area contributed by atoms with E-state index in [1.54, 1.807) is 17.7 Å². The van der Waals surface area contributed by atoms with Crippen molar-refractivity contribution in [2.45, 2.75) is 70.9 Å². The lowest BCUT2D eigenvalue weighted by molar-refractivity contribution is -0.141. The third kappa shape index (κ3) is 6.70. The molecule has 1 aliphatic rings. The van der Waals surface area contributed by atoms with E-state index in [-0.39, 0.29) is 30.5 Å². The number of hydrogen-bond donors (Lipinski definition) is 3. The first-order valence-corrected chi connectivity index (χ1v) is 12.2. The van der Waals surface area contributed by atoms with E-state index in [1.807, 2.05) is 31.3 Å². The van der Waals surface area contributed by atoms with Gasteiger partial charge in [0.25, 0.3) is 5.56 Å². The number of carboxylic acids is 1. The molecule has 1 fully saturated rings. The summed E-state index contributed by atoms with van der Waals surface area (Å²) in [6, 6.07) is 7.34. The number of nitrogens with zero attached hydrogens (tertiary/aromatic N) is 3. The number of carbonyl (C=O) groups is 1. The number of likely N-dealkylation sites (N-methyl/N-ethyl adjacent to an activating group) is 1. The van der Waals surface area contributed by atoms with Gasteiger partial charge in [0, 0.05) is 31.6 Å². The topological polar surface area (TPSA) is 137 Å². The van der Waals surface area contributed by atoms with Gasteiger partial charge in [-0.25, -0.2) is 5.84 Å². The molecule has 1 aliphatic heterocycles. The molecule has 0 aliphatic carbocycles. The molecule has 0 aromatic carbocycles. The number of aryl methyl sites for hydroxylation is 2. The van der Waals surface area contributed by atoms with Crippen molar-refractivity contribution in [2.24, 2.45) is 11.6 Å². The maximum Gasteiger partial charge on any atom is 0.305 e. The summed E-state index contributed by atoms with van der Waals surface area (Å²) in [6.07, 6.45) is 5.63. The Bertz CT molecular complexity index is 1120. The van der Waals surface area contributed by atoms with Crippen molar-refractivity contribution in [2.75, 3.05) is 13.7 Å². The minimum absolute atomic E-state index is 0.00414. The summed E-state index contributed by atoms with van der Waals surface area (Å²) < 4.78 is 7.27. The summed E-state index contributed by atoms with van der Waals surface area (Å²) in [7, 11) is 1.70. The van der Waals surface area contributed by atoms with E-state index in [4.69, 9.17) is 26.4 Å². The molecule has 1 saturated heterocycles.